The minimum Gasteiger partial charge on any atom is -0.778 e. The third kappa shape index (κ3) is 15.4. The van der Waals surface area contributed by atoms with Crippen LogP contribution in [0.5, 0.6) is 0 Å². The van der Waals surface area contributed by atoms with E-state index in [-0.39, 0.29) is 47.0 Å². The Kier molecular flexibility index (Phi) is 17.0. The van der Waals surface area contributed by atoms with E-state index in [4.69, 9.17) is 4.52 Å². The number of rotatable bonds is 11. The van der Waals surface area contributed by atoms with E-state index in [0.29, 0.717) is 6.61 Å². The van der Waals surface area contributed by atoms with Crippen LogP contribution < -0.4 is 4.89 Å². The van der Waals surface area contributed by atoms with E-state index in [1.54, 1.807) is 0 Å². The van der Waals surface area contributed by atoms with Gasteiger partial charge >= 0.3 is 40.8 Å². The van der Waals surface area contributed by atoms with Crippen LogP contribution in [-0.4, -0.2) is 12.8 Å². The molecular formula is C12H26NdO3P+2. The second-order valence-electron chi connectivity index (χ2n) is 4.29. The normalized spacial score (nSPS) is 14.1. The Morgan fingerprint density at radius 2 is 1.47 bits per heavy atom. The molecule has 0 aromatic heterocycles. The maximum Gasteiger partial charge on any atom is 3.00 e. The predicted octanol–water partition coefficient (Wildman–Crippen LogP) is 3.72. The summed E-state index contributed by atoms with van der Waals surface area (Å²) in [5.74, 6) is 0. The van der Waals surface area contributed by atoms with Crippen molar-refractivity contribution in [3.63, 3.8) is 0 Å². The zero-order valence-corrected chi connectivity index (χ0v) is 15.3. The van der Waals surface area contributed by atoms with Crippen LogP contribution in [0.1, 0.15) is 65.2 Å². The third-order valence-electron chi connectivity index (χ3n) is 2.57. The first-order valence-electron chi connectivity index (χ1n) is 6.57. The average molecular weight is 394 g/mol. The number of hydrogen-bond acceptors (Lipinski definition) is 3. The molecule has 0 aliphatic heterocycles. The molecular weight excluding hydrogens is 367 g/mol. The second-order valence-corrected chi connectivity index (χ2v) is 6.22. The molecule has 0 amide bonds. The van der Waals surface area contributed by atoms with Gasteiger partial charge in [0, 0.05) is 6.16 Å². The summed E-state index contributed by atoms with van der Waals surface area (Å²) in [6.45, 7) is 4.61. The average Bonchev–Trinajstić information content (AvgIpc) is 2.24. The molecule has 0 saturated heterocycles. The molecule has 1 radical (unpaired) electrons. The minimum atomic E-state index is -3.53. The molecule has 0 aliphatic rings. The van der Waals surface area contributed by atoms with Crippen molar-refractivity contribution in [3.8, 4) is 0 Å². The maximum absolute atomic E-state index is 11.4. The van der Waals surface area contributed by atoms with Crippen LogP contribution in [0.25, 0.3) is 0 Å². The molecule has 1 unspecified atom stereocenters. The molecule has 0 rings (SSSR count). The Labute approximate surface area is 139 Å². The summed E-state index contributed by atoms with van der Waals surface area (Å²) in [4.78, 5) is 11.4. The van der Waals surface area contributed by atoms with E-state index in [1.807, 2.05) is 0 Å². The van der Waals surface area contributed by atoms with Gasteiger partial charge in [0.2, 0.25) is 0 Å². The van der Waals surface area contributed by atoms with Crippen LogP contribution in [0.4, 0.5) is 0 Å². The molecule has 0 heterocycles. The van der Waals surface area contributed by atoms with Crippen molar-refractivity contribution < 1.29 is 54.8 Å². The van der Waals surface area contributed by atoms with Crippen LogP contribution >= 0.6 is 7.60 Å². The molecule has 0 aromatic rings. The van der Waals surface area contributed by atoms with Gasteiger partial charge < -0.3 is 14.0 Å². The SMILES string of the molecule is CCCCCCOP(=O)([O-])CCCCCC.[Nd+3]. The van der Waals surface area contributed by atoms with Gasteiger partial charge in [-0.1, -0.05) is 52.4 Å². The van der Waals surface area contributed by atoms with E-state index in [0.717, 1.165) is 51.4 Å². The first-order chi connectivity index (χ1) is 7.62. The summed E-state index contributed by atoms with van der Waals surface area (Å²) in [6, 6.07) is 0. The Balaban J connectivity index is 0. The first kappa shape index (κ1) is 20.8. The van der Waals surface area contributed by atoms with E-state index in [2.05, 4.69) is 13.8 Å². The van der Waals surface area contributed by atoms with Crippen LogP contribution in [-0.2, 0) is 9.09 Å². The second kappa shape index (κ2) is 13.9. The fourth-order valence-electron chi connectivity index (χ4n) is 1.53. The van der Waals surface area contributed by atoms with Gasteiger partial charge in [0.25, 0.3) is 0 Å². The van der Waals surface area contributed by atoms with Gasteiger partial charge in [-0.05, 0) is 12.8 Å². The molecule has 0 N–H and O–H groups in total. The summed E-state index contributed by atoms with van der Waals surface area (Å²) < 4.78 is 16.4. The minimum absolute atomic E-state index is 0. The van der Waals surface area contributed by atoms with Crippen LogP contribution in [0, 0.1) is 40.8 Å². The molecule has 99 valence electrons. The summed E-state index contributed by atoms with van der Waals surface area (Å²) in [5, 5.41) is 0. The summed E-state index contributed by atoms with van der Waals surface area (Å²) >= 11 is 0. The number of unbranched alkanes of at least 4 members (excludes halogenated alkanes) is 6. The van der Waals surface area contributed by atoms with Crippen molar-refractivity contribution in [3.05, 3.63) is 0 Å². The van der Waals surface area contributed by atoms with Crippen LogP contribution in [0.3, 0.4) is 0 Å². The van der Waals surface area contributed by atoms with Crippen molar-refractivity contribution in [2.45, 2.75) is 65.2 Å². The summed E-state index contributed by atoms with van der Waals surface area (Å²) in [6.07, 6.45) is 8.40. The molecule has 17 heavy (non-hydrogen) atoms. The van der Waals surface area contributed by atoms with Crippen molar-refractivity contribution in [2.24, 2.45) is 0 Å². The van der Waals surface area contributed by atoms with Crippen molar-refractivity contribution in [2.75, 3.05) is 12.8 Å². The molecule has 3 nitrogen and oxygen atoms in total. The Morgan fingerprint density at radius 3 is 2.00 bits per heavy atom. The van der Waals surface area contributed by atoms with Gasteiger partial charge in [0.05, 0.1) is 6.61 Å². The Hall–Kier alpha value is 1.50. The van der Waals surface area contributed by atoms with Gasteiger partial charge in [-0.2, -0.15) is 0 Å². The quantitative estimate of drug-likeness (QED) is 0.397. The molecule has 0 saturated carbocycles. The van der Waals surface area contributed by atoms with Gasteiger partial charge in [-0.25, -0.2) is 0 Å². The molecule has 0 aromatic carbocycles. The summed E-state index contributed by atoms with van der Waals surface area (Å²) in [7, 11) is -3.53. The zero-order chi connectivity index (χ0) is 12.3. The third-order valence-corrected chi connectivity index (χ3v) is 4.01. The molecule has 0 fully saturated rings. The van der Waals surface area contributed by atoms with Gasteiger partial charge in [0.15, 0.2) is 0 Å². The predicted molar refractivity (Wildman–Crippen MR) is 66.7 cm³/mol. The zero-order valence-electron chi connectivity index (χ0n) is 11.2. The Bertz CT molecular complexity index is 200. The van der Waals surface area contributed by atoms with Gasteiger partial charge in [-0.3, -0.25) is 0 Å². The molecule has 1 atom stereocenters. The van der Waals surface area contributed by atoms with E-state index < -0.39 is 7.60 Å². The van der Waals surface area contributed by atoms with Crippen molar-refractivity contribution in [1.82, 2.24) is 0 Å². The fraction of sp³-hybridized carbons (Fsp3) is 1.00. The van der Waals surface area contributed by atoms with Gasteiger partial charge in [-0.15, -0.1) is 0 Å². The molecule has 0 spiro atoms. The van der Waals surface area contributed by atoms with E-state index in [1.165, 1.54) is 0 Å². The molecule has 5 heteroatoms. The smallest absolute Gasteiger partial charge is 0.778 e. The van der Waals surface area contributed by atoms with Gasteiger partial charge in [0.1, 0.15) is 7.60 Å². The first-order valence-corrected chi connectivity index (χ1v) is 8.29. The van der Waals surface area contributed by atoms with Crippen molar-refractivity contribution in [1.29, 1.82) is 0 Å². The van der Waals surface area contributed by atoms with E-state index in [9.17, 15) is 9.46 Å². The molecule has 0 bridgehead atoms. The van der Waals surface area contributed by atoms with Crippen LogP contribution in [0.15, 0.2) is 0 Å². The number of hydrogen-bond donors (Lipinski definition) is 0. The standard InChI is InChI=1S/C12H27O3P.Nd/c1-3-5-7-9-11-15-16(13,14)12-10-8-6-4-2;/h3-12H2,1-2H3,(H,13,14);/q;+3/p-1. The fourth-order valence-corrected chi connectivity index (χ4v) is 2.68. The van der Waals surface area contributed by atoms with Crippen LogP contribution in [0.2, 0.25) is 0 Å². The van der Waals surface area contributed by atoms with Crippen molar-refractivity contribution >= 4 is 7.60 Å². The molecule has 0 aliphatic carbocycles. The Morgan fingerprint density at radius 1 is 0.941 bits per heavy atom. The van der Waals surface area contributed by atoms with E-state index >= 15 is 0 Å². The summed E-state index contributed by atoms with van der Waals surface area (Å²) in [5.41, 5.74) is 0. The topological polar surface area (TPSA) is 49.4 Å². The monoisotopic (exact) mass is 391 g/mol. The maximum atomic E-state index is 11.4. The largest absolute Gasteiger partial charge is 3.00 e.